The summed E-state index contributed by atoms with van der Waals surface area (Å²) in [6, 6.07) is 3.25. The Balaban J connectivity index is 2.47. The molecule has 3 amide bonds. The first-order valence-electron chi connectivity index (χ1n) is 13.4. The molecule has 208 valence electrons. The highest BCUT2D eigenvalue weighted by Gasteiger charge is 2.42. The highest BCUT2D eigenvalue weighted by Crippen LogP contribution is 2.38. The number of aromatic hydroxyl groups is 1. The molecule has 0 aromatic heterocycles. The van der Waals surface area contributed by atoms with Gasteiger partial charge >= 0.3 is 6.09 Å². The van der Waals surface area contributed by atoms with E-state index in [0.29, 0.717) is 29.8 Å². The highest BCUT2D eigenvalue weighted by molar-refractivity contribution is 7.98. The Kier molecular flexibility index (Phi) is 12.1. The smallest absolute Gasteiger partial charge is 0.408 e. The first kappa shape index (κ1) is 30.8. The van der Waals surface area contributed by atoms with Gasteiger partial charge in [-0.2, -0.15) is 11.8 Å². The summed E-state index contributed by atoms with van der Waals surface area (Å²) in [4.78, 5) is 42.1. The van der Waals surface area contributed by atoms with Crippen molar-refractivity contribution in [3.63, 3.8) is 0 Å². The van der Waals surface area contributed by atoms with Crippen molar-refractivity contribution in [2.75, 3.05) is 18.6 Å². The van der Waals surface area contributed by atoms with Crippen LogP contribution in [0.4, 0.5) is 4.79 Å². The summed E-state index contributed by atoms with van der Waals surface area (Å²) in [5.74, 6) is 0.000312. The second-order valence-corrected chi connectivity index (χ2v) is 11.7. The Bertz CT molecular complexity index is 914. The molecule has 2 unspecified atom stereocenters. The van der Waals surface area contributed by atoms with E-state index >= 15 is 0 Å². The molecule has 2 rings (SSSR count). The van der Waals surface area contributed by atoms with Gasteiger partial charge in [-0.05, 0) is 77.4 Å². The van der Waals surface area contributed by atoms with Crippen molar-refractivity contribution < 1.29 is 24.2 Å². The molecule has 1 aromatic rings. The summed E-state index contributed by atoms with van der Waals surface area (Å²) in [6.45, 7) is 9.67. The van der Waals surface area contributed by atoms with E-state index in [-0.39, 0.29) is 23.6 Å². The molecule has 37 heavy (non-hydrogen) atoms. The third-order valence-corrected chi connectivity index (χ3v) is 7.14. The van der Waals surface area contributed by atoms with Gasteiger partial charge in [-0.1, -0.05) is 38.0 Å². The van der Waals surface area contributed by atoms with Gasteiger partial charge in [-0.25, -0.2) is 4.79 Å². The Morgan fingerprint density at radius 3 is 2.49 bits per heavy atom. The van der Waals surface area contributed by atoms with E-state index < -0.39 is 23.8 Å². The molecule has 0 radical (unpaired) electrons. The molecule has 0 heterocycles. The fourth-order valence-electron chi connectivity index (χ4n) is 4.31. The Morgan fingerprint density at radius 1 is 1.22 bits per heavy atom. The SMILES string of the molecule is CCCCCNC(=O)C(c1cccc(C)c1O)N(C(=O)C(CCSC)NC(=O)OC(C)(C)C)C1CCC1. The topological polar surface area (TPSA) is 108 Å². The van der Waals surface area contributed by atoms with Crippen LogP contribution in [0, 0.1) is 6.92 Å². The van der Waals surface area contributed by atoms with Crippen LogP contribution in [0.25, 0.3) is 0 Å². The molecule has 0 spiro atoms. The van der Waals surface area contributed by atoms with Gasteiger partial charge in [-0.3, -0.25) is 9.59 Å². The molecule has 1 aliphatic carbocycles. The molecule has 8 nitrogen and oxygen atoms in total. The number of rotatable bonds is 13. The number of phenols is 1. The zero-order valence-electron chi connectivity index (χ0n) is 23.3. The second-order valence-electron chi connectivity index (χ2n) is 10.7. The number of nitrogens with zero attached hydrogens (tertiary/aromatic N) is 1. The summed E-state index contributed by atoms with van der Waals surface area (Å²) in [5, 5.41) is 16.7. The fourth-order valence-corrected chi connectivity index (χ4v) is 4.78. The van der Waals surface area contributed by atoms with Crippen LogP contribution in [-0.2, 0) is 14.3 Å². The summed E-state index contributed by atoms with van der Waals surface area (Å²) in [7, 11) is 0. The number of phenolic OH excluding ortho intramolecular Hbond substituents is 1. The zero-order valence-corrected chi connectivity index (χ0v) is 24.1. The van der Waals surface area contributed by atoms with Crippen molar-refractivity contribution in [1.29, 1.82) is 0 Å². The molecule has 1 aliphatic rings. The van der Waals surface area contributed by atoms with Crippen LogP contribution < -0.4 is 10.6 Å². The van der Waals surface area contributed by atoms with Gasteiger partial charge in [0.2, 0.25) is 11.8 Å². The van der Waals surface area contributed by atoms with E-state index in [1.165, 1.54) is 0 Å². The lowest BCUT2D eigenvalue weighted by molar-refractivity contribution is -0.147. The van der Waals surface area contributed by atoms with E-state index in [1.54, 1.807) is 62.6 Å². The lowest BCUT2D eigenvalue weighted by Crippen LogP contribution is -2.57. The number of ether oxygens (including phenoxy) is 1. The third kappa shape index (κ3) is 9.13. The van der Waals surface area contributed by atoms with Crippen molar-refractivity contribution in [2.24, 2.45) is 0 Å². The van der Waals surface area contributed by atoms with Crippen molar-refractivity contribution in [3.8, 4) is 5.75 Å². The number of para-hydroxylation sites is 1. The Labute approximate surface area is 226 Å². The molecule has 9 heteroatoms. The van der Waals surface area contributed by atoms with E-state index in [0.717, 1.165) is 38.5 Å². The van der Waals surface area contributed by atoms with Gasteiger partial charge in [0, 0.05) is 18.2 Å². The van der Waals surface area contributed by atoms with Crippen LogP contribution in [0.5, 0.6) is 5.75 Å². The Morgan fingerprint density at radius 2 is 1.92 bits per heavy atom. The molecule has 1 aromatic carbocycles. The summed E-state index contributed by atoms with van der Waals surface area (Å²) in [6.07, 6.45) is 7.00. The van der Waals surface area contributed by atoms with E-state index in [4.69, 9.17) is 4.74 Å². The molecule has 1 fully saturated rings. The van der Waals surface area contributed by atoms with Crippen LogP contribution in [0.3, 0.4) is 0 Å². The fraction of sp³-hybridized carbons (Fsp3) is 0.679. The maximum Gasteiger partial charge on any atom is 0.408 e. The summed E-state index contributed by atoms with van der Waals surface area (Å²) in [5.41, 5.74) is 0.321. The van der Waals surface area contributed by atoms with Gasteiger partial charge < -0.3 is 25.4 Å². The van der Waals surface area contributed by atoms with Crippen molar-refractivity contribution in [1.82, 2.24) is 15.5 Å². The number of aryl methyl sites for hydroxylation is 1. The van der Waals surface area contributed by atoms with Crippen molar-refractivity contribution in [2.45, 2.75) is 103 Å². The molecule has 0 bridgehead atoms. The number of benzene rings is 1. The average Bonchev–Trinajstić information content (AvgIpc) is 2.78. The van der Waals surface area contributed by atoms with Crippen LogP contribution in [0.1, 0.15) is 89.8 Å². The average molecular weight is 536 g/mol. The second kappa shape index (κ2) is 14.5. The normalized spacial score (nSPS) is 15.3. The minimum Gasteiger partial charge on any atom is -0.507 e. The molecule has 2 atom stereocenters. The first-order valence-corrected chi connectivity index (χ1v) is 14.8. The molecule has 0 aliphatic heterocycles. The number of hydrogen-bond donors (Lipinski definition) is 3. The predicted octanol–water partition coefficient (Wildman–Crippen LogP) is 5.08. The lowest BCUT2D eigenvalue weighted by Gasteiger charge is -2.43. The van der Waals surface area contributed by atoms with Crippen LogP contribution >= 0.6 is 11.8 Å². The van der Waals surface area contributed by atoms with Crippen LogP contribution in [0.2, 0.25) is 0 Å². The monoisotopic (exact) mass is 535 g/mol. The molecule has 1 saturated carbocycles. The van der Waals surface area contributed by atoms with E-state index in [9.17, 15) is 19.5 Å². The van der Waals surface area contributed by atoms with E-state index in [2.05, 4.69) is 17.6 Å². The third-order valence-electron chi connectivity index (χ3n) is 6.49. The lowest BCUT2D eigenvalue weighted by atomic mass is 9.87. The number of alkyl carbamates (subject to hydrolysis) is 1. The van der Waals surface area contributed by atoms with Crippen LogP contribution in [-0.4, -0.2) is 64.2 Å². The van der Waals surface area contributed by atoms with Crippen molar-refractivity contribution in [3.05, 3.63) is 29.3 Å². The molecule has 0 saturated heterocycles. The van der Waals surface area contributed by atoms with Crippen molar-refractivity contribution >= 4 is 29.7 Å². The van der Waals surface area contributed by atoms with Gasteiger partial charge in [-0.15, -0.1) is 0 Å². The summed E-state index contributed by atoms with van der Waals surface area (Å²) < 4.78 is 5.44. The maximum absolute atomic E-state index is 14.2. The molecule has 3 N–H and O–H groups in total. The van der Waals surface area contributed by atoms with Gasteiger partial charge in [0.1, 0.15) is 23.4 Å². The number of unbranched alkanes of at least 4 members (excludes halogenated alkanes) is 2. The maximum atomic E-state index is 14.2. The molecular weight excluding hydrogens is 490 g/mol. The van der Waals surface area contributed by atoms with Gasteiger partial charge in [0.25, 0.3) is 0 Å². The standard InChI is InChI=1S/C28H45N3O5S/c1-7-8-9-17-29-25(33)23(21-15-10-12-19(2)24(21)32)31(20-13-11-14-20)26(34)22(16-18-37-6)30-27(35)36-28(3,4)5/h10,12,15,20,22-23,32H,7-9,11,13-14,16-18H2,1-6H3,(H,29,33)(H,30,35). The largest absolute Gasteiger partial charge is 0.507 e. The summed E-state index contributed by atoms with van der Waals surface area (Å²) >= 11 is 1.58. The number of carbonyl (C=O) groups is 3. The minimum atomic E-state index is -1.00. The predicted molar refractivity (Wildman–Crippen MR) is 149 cm³/mol. The molecular formula is C28H45N3O5S. The number of nitrogens with one attached hydrogen (secondary N) is 2. The number of hydrogen-bond acceptors (Lipinski definition) is 6. The number of carbonyl (C=O) groups excluding carboxylic acids is 3. The zero-order chi connectivity index (χ0) is 27.6. The van der Waals surface area contributed by atoms with Gasteiger partial charge in [0.05, 0.1) is 0 Å². The highest BCUT2D eigenvalue weighted by atomic mass is 32.2. The number of amides is 3. The Hall–Kier alpha value is -2.42. The van der Waals surface area contributed by atoms with Crippen LogP contribution in [0.15, 0.2) is 18.2 Å². The van der Waals surface area contributed by atoms with E-state index in [1.807, 2.05) is 6.26 Å². The van der Waals surface area contributed by atoms with Gasteiger partial charge in [0.15, 0.2) is 0 Å². The minimum absolute atomic E-state index is 0.00842. The first-order chi connectivity index (χ1) is 17.5. The quantitative estimate of drug-likeness (QED) is 0.304. The number of thioether (sulfide) groups is 1.